The third-order valence-corrected chi connectivity index (χ3v) is 4.56. The number of aryl methyl sites for hydroxylation is 1. The summed E-state index contributed by atoms with van der Waals surface area (Å²) in [5.74, 6) is 0.821. The van der Waals surface area contributed by atoms with E-state index in [4.69, 9.17) is 0 Å². The average Bonchev–Trinajstić information content (AvgIpc) is 3.01. The van der Waals surface area contributed by atoms with Crippen molar-refractivity contribution in [1.29, 1.82) is 0 Å². The van der Waals surface area contributed by atoms with Crippen LogP contribution in [0.15, 0.2) is 6.20 Å². The second-order valence-electron chi connectivity index (χ2n) is 5.92. The molecule has 2 aliphatic rings. The van der Waals surface area contributed by atoms with Crippen molar-refractivity contribution in [1.82, 2.24) is 14.7 Å². The molecule has 1 amide bonds. The second-order valence-corrected chi connectivity index (χ2v) is 5.92. The Balaban J connectivity index is 1.79. The zero-order chi connectivity index (χ0) is 14.3. The number of carbonyl (C=O) groups is 1. The van der Waals surface area contributed by atoms with Crippen molar-refractivity contribution in [3.63, 3.8) is 0 Å². The molecule has 0 N–H and O–H groups in total. The first-order valence-corrected chi connectivity index (χ1v) is 7.17. The number of rotatable bonds is 2. The standard InChI is InChI=1S/C14H19F2N3O/c1-18-8-11(12(17-18)13(15)16)14(20)19-6-9-4-2-3-5-10(9)7-19/h8-10,13H,2-7H2,1H3. The Morgan fingerprint density at radius 2 is 1.90 bits per heavy atom. The molecule has 1 saturated heterocycles. The Morgan fingerprint density at radius 3 is 2.45 bits per heavy atom. The molecule has 1 saturated carbocycles. The fourth-order valence-electron chi connectivity index (χ4n) is 3.57. The molecule has 6 heteroatoms. The number of fused-ring (bicyclic) bond motifs is 1. The minimum atomic E-state index is -2.71. The van der Waals surface area contributed by atoms with Gasteiger partial charge in [-0.05, 0) is 24.7 Å². The fraction of sp³-hybridized carbons (Fsp3) is 0.714. The number of nitrogens with zero attached hydrogens (tertiary/aromatic N) is 3. The number of halogens is 2. The smallest absolute Gasteiger partial charge is 0.282 e. The highest BCUT2D eigenvalue weighted by Gasteiger charge is 2.38. The summed E-state index contributed by atoms with van der Waals surface area (Å²) in [7, 11) is 1.56. The maximum atomic E-state index is 12.9. The molecular formula is C14H19F2N3O. The van der Waals surface area contributed by atoms with Gasteiger partial charge in [-0.3, -0.25) is 9.48 Å². The molecule has 0 radical (unpaired) electrons. The van der Waals surface area contributed by atoms with E-state index in [1.54, 1.807) is 11.9 Å². The third-order valence-electron chi connectivity index (χ3n) is 4.56. The number of carbonyl (C=O) groups excluding carboxylic acids is 1. The van der Waals surface area contributed by atoms with E-state index in [0.717, 1.165) is 12.8 Å². The second kappa shape index (κ2) is 5.14. The maximum Gasteiger partial charge on any atom is 0.282 e. The minimum absolute atomic E-state index is 0.0566. The van der Waals surface area contributed by atoms with Crippen LogP contribution in [0, 0.1) is 11.8 Å². The highest BCUT2D eigenvalue weighted by molar-refractivity contribution is 5.95. The molecule has 20 heavy (non-hydrogen) atoms. The molecule has 1 aromatic rings. The summed E-state index contributed by atoms with van der Waals surface area (Å²) >= 11 is 0. The first kappa shape index (κ1) is 13.5. The Kier molecular flexibility index (Phi) is 3.48. The van der Waals surface area contributed by atoms with Gasteiger partial charge in [0.2, 0.25) is 0 Å². The van der Waals surface area contributed by atoms with Crippen LogP contribution in [-0.2, 0) is 7.05 Å². The van der Waals surface area contributed by atoms with Gasteiger partial charge in [-0.25, -0.2) is 8.78 Å². The lowest BCUT2D eigenvalue weighted by Crippen LogP contribution is -2.29. The van der Waals surface area contributed by atoms with Gasteiger partial charge in [0.05, 0.1) is 5.56 Å². The summed E-state index contributed by atoms with van der Waals surface area (Å²) < 4.78 is 27.2. The number of likely N-dealkylation sites (tertiary alicyclic amines) is 1. The Labute approximate surface area is 116 Å². The van der Waals surface area contributed by atoms with Crippen molar-refractivity contribution < 1.29 is 13.6 Å². The first-order valence-electron chi connectivity index (χ1n) is 7.17. The normalized spacial score (nSPS) is 26.1. The van der Waals surface area contributed by atoms with Gasteiger partial charge >= 0.3 is 0 Å². The van der Waals surface area contributed by atoms with E-state index < -0.39 is 12.1 Å². The lowest BCUT2D eigenvalue weighted by atomic mass is 9.82. The largest absolute Gasteiger partial charge is 0.338 e. The Morgan fingerprint density at radius 1 is 1.30 bits per heavy atom. The molecule has 0 spiro atoms. The van der Waals surface area contributed by atoms with Gasteiger partial charge < -0.3 is 4.90 Å². The molecule has 1 aromatic heterocycles. The molecule has 1 aliphatic heterocycles. The number of hydrogen-bond donors (Lipinski definition) is 0. The van der Waals surface area contributed by atoms with E-state index in [0.29, 0.717) is 24.9 Å². The highest BCUT2D eigenvalue weighted by Crippen LogP contribution is 2.37. The summed E-state index contributed by atoms with van der Waals surface area (Å²) in [6.45, 7) is 1.42. The van der Waals surface area contributed by atoms with Gasteiger partial charge in [0.25, 0.3) is 12.3 Å². The van der Waals surface area contributed by atoms with Crippen LogP contribution in [0.5, 0.6) is 0 Å². The minimum Gasteiger partial charge on any atom is -0.338 e. The van der Waals surface area contributed by atoms with Crippen molar-refractivity contribution in [3.8, 4) is 0 Å². The molecule has 2 unspecified atom stereocenters. The zero-order valence-electron chi connectivity index (χ0n) is 11.6. The summed E-state index contributed by atoms with van der Waals surface area (Å²) in [5, 5.41) is 3.71. The Hall–Kier alpha value is -1.46. The van der Waals surface area contributed by atoms with E-state index in [1.807, 2.05) is 0 Å². The molecule has 0 aromatic carbocycles. The van der Waals surface area contributed by atoms with Crippen molar-refractivity contribution in [3.05, 3.63) is 17.5 Å². The van der Waals surface area contributed by atoms with Gasteiger partial charge in [0.15, 0.2) is 0 Å². The molecule has 2 atom stereocenters. The van der Waals surface area contributed by atoms with Crippen LogP contribution >= 0.6 is 0 Å². The maximum absolute atomic E-state index is 12.9. The summed E-state index contributed by atoms with van der Waals surface area (Å²) in [5.41, 5.74) is -0.339. The summed E-state index contributed by atoms with van der Waals surface area (Å²) in [6, 6.07) is 0. The summed E-state index contributed by atoms with van der Waals surface area (Å²) in [4.78, 5) is 14.2. The van der Waals surface area contributed by atoms with E-state index in [-0.39, 0.29) is 11.5 Å². The van der Waals surface area contributed by atoms with Crippen LogP contribution in [0.4, 0.5) is 8.78 Å². The van der Waals surface area contributed by atoms with Crippen molar-refractivity contribution >= 4 is 5.91 Å². The third kappa shape index (κ3) is 2.31. The lowest BCUT2D eigenvalue weighted by molar-refractivity contribution is 0.0771. The van der Waals surface area contributed by atoms with Crippen LogP contribution in [0.1, 0.15) is 48.2 Å². The molecule has 3 rings (SSSR count). The SMILES string of the molecule is Cn1cc(C(=O)N2CC3CCCCC3C2)c(C(F)F)n1. The van der Waals surface area contributed by atoms with Gasteiger partial charge in [-0.1, -0.05) is 12.8 Å². The van der Waals surface area contributed by atoms with Crippen molar-refractivity contribution in [2.45, 2.75) is 32.1 Å². The highest BCUT2D eigenvalue weighted by atomic mass is 19.3. The van der Waals surface area contributed by atoms with E-state index in [9.17, 15) is 13.6 Å². The van der Waals surface area contributed by atoms with E-state index >= 15 is 0 Å². The molecule has 0 bridgehead atoms. The van der Waals surface area contributed by atoms with Gasteiger partial charge in [-0.2, -0.15) is 5.10 Å². The monoisotopic (exact) mass is 283 g/mol. The van der Waals surface area contributed by atoms with Crippen LogP contribution < -0.4 is 0 Å². The zero-order valence-corrected chi connectivity index (χ0v) is 11.6. The van der Waals surface area contributed by atoms with Crippen LogP contribution in [0.2, 0.25) is 0 Å². The fourth-order valence-corrected chi connectivity index (χ4v) is 3.57. The molecule has 110 valence electrons. The number of hydrogen-bond acceptors (Lipinski definition) is 2. The molecule has 2 heterocycles. The van der Waals surface area contributed by atoms with E-state index in [2.05, 4.69) is 5.10 Å². The van der Waals surface area contributed by atoms with Gasteiger partial charge in [-0.15, -0.1) is 0 Å². The molecular weight excluding hydrogens is 264 g/mol. The van der Waals surface area contributed by atoms with Gasteiger partial charge in [0.1, 0.15) is 5.69 Å². The van der Waals surface area contributed by atoms with Gasteiger partial charge in [0, 0.05) is 26.3 Å². The van der Waals surface area contributed by atoms with Crippen molar-refractivity contribution in [2.75, 3.05) is 13.1 Å². The number of alkyl halides is 2. The van der Waals surface area contributed by atoms with Crippen LogP contribution in [0.3, 0.4) is 0 Å². The van der Waals surface area contributed by atoms with Crippen LogP contribution in [-0.4, -0.2) is 33.7 Å². The molecule has 2 fully saturated rings. The lowest BCUT2D eigenvalue weighted by Gasteiger charge is -2.22. The number of aromatic nitrogens is 2. The molecule has 4 nitrogen and oxygen atoms in total. The Bertz CT molecular complexity index is 501. The number of amides is 1. The predicted octanol–water partition coefficient (Wildman–Crippen LogP) is 2.62. The predicted molar refractivity (Wildman–Crippen MR) is 69.5 cm³/mol. The molecule has 1 aliphatic carbocycles. The van der Waals surface area contributed by atoms with Crippen molar-refractivity contribution in [2.24, 2.45) is 18.9 Å². The average molecular weight is 283 g/mol. The van der Waals surface area contributed by atoms with E-state index in [1.165, 1.54) is 23.7 Å². The van der Waals surface area contributed by atoms with Crippen LogP contribution in [0.25, 0.3) is 0 Å². The first-order chi connectivity index (χ1) is 9.56. The quantitative estimate of drug-likeness (QED) is 0.837. The topological polar surface area (TPSA) is 38.1 Å². The summed E-state index contributed by atoms with van der Waals surface area (Å²) in [6.07, 6.45) is 3.45.